The van der Waals surface area contributed by atoms with Crippen molar-refractivity contribution < 1.29 is 18.3 Å². The van der Waals surface area contributed by atoms with E-state index in [9.17, 15) is 13.2 Å². The summed E-state index contributed by atoms with van der Waals surface area (Å²) < 4.78 is 24.0. The van der Waals surface area contributed by atoms with E-state index in [0.717, 1.165) is 19.3 Å². The minimum Gasteiger partial charge on any atom is -0.479 e. The minimum absolute atomic E-state index is 0.330. The number of aliphatic carboxylic acids is 1. The molecule has 0 bridgehead atoms. The zero-order valence-electron chi connectivity index (χ0n) is 13.3. The van der Waals surface area contributed by atoms with Crippen molar-refractivity contribution in [3.63, 3.8) is 0 Å². The fraction of sp³-hybridized carbons (Fsp3) is 0.562. The highest BCUT2D eigenvalue weighted by Gasteiger charge is 2.40. The summed E-state index contributed by atoms with van der Waals surface area (Å²) in [5, 5.41) is 8.87. The Morgan fingerprint density at radius 1 is 1.00 bits per heavy atom. The molecule has 1 aliphatic rings. The highest BCUT2D eigenvalue weighted by molar-refractivity contribution is 7.61. The van der Waals surface area contributed by atoms with Crippen LogP contribution in [0.15, 0.2) is 22.6 Å². The maximum atomic E-state index is 10.8. The maximum absolute atomic E-state index is 10.8. The van der Waals surface area contributed by atoms with Crippen molar-refractivity contribution in [1.29, 1.82) is 0 Å². The van der Waals surface area contributed by atoms with E-state index >= 15 is 0 Å². The molecule has 6 heteroatoms. The molecule has 0 spiro atoms. The smallest absolute Gasteiger partial charge is 0.332 e. The molecular formula is C16H23NO4S. The minimum atomic E-state index is -2.63. The molecule has 1 fully saturated rings. The molecule has 0 aromatic heterocycles. The van der Waals surface area contributed by atoms with Crippen LogP contribution >= 0.6 is 0 Å². The van der Waals surface area contributed by atoms with E-state index in [1.807, 2.05) is 0 Å². The van der Waals surface area contributed by atoms with Crippen LogP contribution in [0, 0.1) is 20.8 Å². The number of hydrogen-bond acceptors (Lipinski definition) is 4. The number of aryl methyl sites for hydroxylation is 3. The molecule has 2 rings (SSSR count). The third-order valence-corrected chi connectivity index (χ3v) is 4.19. The highest BCUT2D eigenvalue weighted by atomic mass is 32.2. The quantitative estimate of drug-likeness (QED) is 0.902. The average molecular weight is 325 g/mol. The third-order valence-electron chi connectivity index (χ3n) is 3.69. The Morgan fingerprint density at radius 3 is 1.73 bits per heavy atom. The van der Waals surface area contributed by atoms with Crippen molar-refractivity contribution in [3.8, 4) is 0 Å². The second-order valence-electron chi connectivity index (χ2n) is 5.87. The van der Waals surface area contributed by atoms with Gasteiger partial charge in [-0.3, -0.25) is 0 Å². The van der Waals surface area contributed by atoms with Gasteiger partial charge in [0, 0.05) is 0 Å². The summed E-state index contributed by atoms with van der Waals surface area (Å²) >= 11 is 0. The van der Waals surface area contributed by atoms with Gasteiger partial charge in [0.2, 0.25) is 0 Å². The Morgan fingerprint density at radius 2 is 1.41 bits per heavy atom. The summed E-state index contributed by atoms with van der Waals surface area (Å²) in [7, 11) is -2.63. The van der Waals surface area contributed by atoms with Crippen molar-refractivity contribution in [3.05, 3.63) is 34.9 Å². The first-order chi connectivity index (χ1) is 10.2. The zero-order valence-corrected chi connectivity index (χ0v) is 14.1. The van der Waals surface area contributed by atoms with Gasteiger partial charge in [-0.1, -0.05) is 54.2 Å². The number of carboxylic acids is 1. The lowest BCUT2D eigenvalue weighted by Gasteiger charge is -2.26. The number of carbonyl (C=O) groups is 1. The van der Waals surface area contributed by atoms with Crippen LogP contribution < -0.4 is 0 Å². The van der Waals surface area contributed by atoms with Crippen molar-refractivity contribution in [2.75, 3.05) is 0 Å². The Labute approximate surface area is 133 Å². The van der Waals surface area contributed by atoms with Gasteiger partial charge in [-0.2, -0.15) is 12.8 Å². The molecule has 22 heavy (non-hydrogen) atoms. The monoisotopic (exact) mass is 325 g/mol. The van der Waals surface area contributed by atoms with Gasteiger partial charge < -0.3 is 5.11 Å². The van der Waals surface area contributed by atoms with Gasteiger partial charge in [-0.15, -0.1) is 0 Å². The van der Waals surface area contributed by atoms with Gasteiger partial charge in [0.15, 0.2) is 5.54 Å². The van der Waals surface area contributed by atoms with Crippen LogP contribution in [0.3, 0.4) is 0 Å². The predicted octanol–water partition coefficient (Wildman–Crippen LogP) is 3.45. The molecule has 0 heterocycles. The summed E-state index contributed by atoms with van der Waals surface area (Å²) in [6, 6.07) is 6.56. The largest absolute Gasteiger partial charge is 0.479 e. The van der Waals surface area contributed by atoms with E-state index in [-0.39, 0.29) is 0 Å². The molecule has 0 aliphatic heterocycles. The topological polar surface area (TPSA) is 83.8 Å². The van der Waals surface area contributed by atoms with Gasteiger partial charge in [0.1, 0.15) is 0 Å². The fourth-order valence-corrected chi connectivity index (χ4v) is 3.37. The highest BCUT2D eigenvalue weighted by Crippen LogP contribution is 2.31. The van der Waals surface area contributed by atoms with Crippen LogP contribution in [0.4, 0.5) is 0 Å². The maximum Gasteiger partial charge on any atom is 0.332 e. The average Bonchev–Trinajstić information content (AvgIpc) is 2.37. The molecule has 0 radical (unpaired) electrons. The van der Waals surface area contributed by atoms with Gasteiger partial charge >= 0.3 is 16.5 Å². The van der Waals surface area contributed by atoms with E-state index in [1.165, 1.54) is 16.7 Å². The predicted molar refractivity (Wildman–Crippen MR) is 85.5 cm³/mol. The van der Waals surface area contributed by atoms with Crippen LogP contribution in [-0.4, -0.2) is 25.0 Å². The van der Waals surface area contributed by atoms with Crippen LogP contribution in [0.25, 0.3) is 0 Å². The molecule has 0 saturated heterocycles. The van der Waals surface area contributed by atoms with E-state index in [2.05, 4.69) is 43.3 Å². The van der Waals surface area contributed by atoms with Crippen LogP contribution in [0.2, 0.25) is 0 Å². The molecule has 1 aromatic carbocycles. The van der Waals surface area contributed by atoms with Gasteiger partial charge in [0.25, 0.3) is 0 Å². The number of rotatable bonds is 2. The molecule has 0 amide bonds. The van der Waals surface area contributed by atoms with E-state index in [1.54, 1.807) is 0 Å². The number of nitrogens with zero attached hydrogens (tertiary/aromatic N) is 1. The van der Waals surface area contributed by atoms with Crippen molar-refractivity contribution >= 4 is 16.5 Å². The SMILES string of the molecule is Cc1cc(C)cc(C)c1.O=C(O)C1(N=S(=O)=O)CCCCC1. The first-order valence-corrected chi connectivity index (χ1v) is 8.39. The Bertz CT molecular complexity index is 600. The van der Waals surface area contributed by atoms with E-state index in [0.29, 0.717) is 12.8 Å². The summed E-state index contributed by atoms with van der Waals surface area (Å²) in [4.78, 5) is 10.8. The standard InChI is InChI=1S/C9H12.C7H11NO4S/c1-7-4-8(2)6-9(3)5-7;9-6(10)7(8-13(11)12)4-2-1-3-5-7/h4-6H,1-3H3;1-5H2,(H,9,10). The van der Waals surface area contributed by atoms with Gasteiger partial charge in [-0.05, 0) is 33.6 Å². The summed E-state index contributed by atoms with van der Waals surface area (Å²) in [5.41, 5.74) is 2.69. The van der Waals surface area contributed by atoms with E-state index in [4.69, 9.17) is 5.11 Å². The molecule has 5 nitrogen and oxygen atoms in total. The van der Waals surface area contributed by atoms with Crippen LogP contribution in [0.1, 0.15) is 48.8 Å². The number of carboxylic acid groups (broad SMARTS) is 1. The Balaban J connectivity index is 0.000000235. The molecule has 1 saturated carbocycles. The van der Waals surface area contributed by atoms with Gasteiger partial charge in [0.05, 0.1) is 0 Å². The second kappa shape index (κ2) is 8.08. The van der Waals surface area contributed by atoms with E-state index < -0.39 is 22.0 Å². The lowest BCUT2D eigenvalue weighted by Crippen LogP contribution is -2.38. The molecule has 0 unspecified atom stereocenters. The molecule has 122 valence electrons. The van der Waals surface area contributed by atoms with Crippen molar-refractivity contribution in [2.24, 2.45) is 4.36 Å². The molecule has 1 aromatic rings. The first kappa shape index (κ1) is 18.4. The molecule has 1 N–H and O–H groups in total. The number of hydrogen-bond donors (Lipinski definition) is 1. The summed E-state index contributed by atoms with van der Waals surface area (Å²) in [5.74, 6) is -1.13. The molecule has 0 atom stereocenters. The molecule has 1 aliphatic carbocycles. The number of benzene rings is 1. The third kappa shape index (κ3) is 5.60. The van der Waals surface area contributed by atoms with Crippen molar-refractivity contribution in [1.82, 2.24) is 0 Å². The lowest BCUT2D eigenvalue weighted by molar-refractivity contribution is -0.144. The van der Waals surface area contributed by atoms with Crippen molar-refractivity contribution in [2.45, 2.75) is 58.4 Å². The normalized spacial score (nSPS) is 16.1. The first-order valence-electron chi connectivity index (χ1n) is 7.36. The summed E-state index contributed by atoms with van der Waals surface area (Å²) in [6.07, 6.45) is 3.07. The Kier molecular flexibility index (Phi) is 6.74. The van der Waals surface area contributed by atoms with Crippen LogP contribution in [-0.2, 0) is 15.3 Å². The molecular weight excluding hydrogens is 302 g/mol. The van der Waals surface area contributed by atoms with Crippen LogP contribution in [0.5, 0.6) is 0 Å². The Hall–Kier alpha value is -1.69. The van der Waals surface area contributed by atoms with Gasteiger partial charge in [-0.25, -0.2) is 4.79 Å². The summed E-state index contributed by atoms with van der Waals surface area (Å²) in [6.45, 7) is 6.38. The zero-order chi connectivity index (χ0) is 16.8. The lowest BCUT2D eigenvalue weighted by atomic mass is 9.83. The fourth-order valence-electron chi connectivity index (χ4n) is 2.83. The second-order valence-corrected chi connectivity index (χ2v) is 6.49.